The van der Waals surface area contributed by atoms with Crippen LogP contribution in [0.1, 0.15) is 69.4 Å². The smallest absolute Gasteiger partial charge is 0.407 e. The number of hydrazine groups is 1. The van der Waals surface area contributed by atoms with Gasteiger partial charge in [0.15, 0.2) is 6.04 Å². The first-order valence-electron chi connectivity index (χ1n) is 13.7. The summed E-state index contributed by atoms with van der Waals surface area (Å²) in [5.74, 6) is -3.54. The van der Waals surface area contributed by atoms with Crippen LogP contribution in [0.3, 0.4) is 0 Å². The summed E-state index contributed by atoms with van der Waals surface area (Å²) in [7, 11) is 0. The Bertz CT molecular complexity index is 1230. The molecule has 0 radical (unpaired) electrons. The Labute approximate surface area is 233 Å². The molecule has 1 heterocycles. The van der Waals surface area contributed by atoms with Crippen molar-refractivity contribution >= 4 is 29.8 Å². The molecule has 0 spiro atoms. The minimum Gasteiger partial charge on any atom is -0.480 e. The molecule has 1 atom stereocenters. The van der Waals surface area contributed by atoms with Crippen molar-refractivity contribution in [2.75, 3.05) is 13.2 Å². The van der Waals surface area contributed by atoms with Crippen LogP contribution in [0.25, 0.3) is 11.1 Å². The number of aliphatic carboxylic acids is 1. The number of nitrogens with one attached hydrogen (secondary N) is 1. The lowest BCUT2D eigenvalue weighted by Crippen LogP contribution is -2.58. The normalized spacial score (nSPS) is 15.1. The number of hydrogen-bond donors (Lipinski definition) is 2. The van der Waals surface area contributed by atoms with Crippen LogP contribution in [0, 0.1) is 5.92 Å². The fourth-order valence-electron chi connectivity index (χ4n) is 5.40. The number of carboxylic acid groups (broad SMARTS) is 1. The lowest BCUT2D eigenvalue weighted by molar-refractivity contribution is -0.180. The summed E-state index contributed by atoms with van der Waals surface area (Å²) in [5, 5.41) is 14.0. The maximum absolute atomic E-state index is 13.0. The molecule has 212 valence electrons. The molecule has 2 N–H and O–H groups in total. The lowest BCUT2D eigenvalue weighted by atomic mass is 9.98. The highest BCUT2D eigenvalue weighted by molar-refractivity contribution is 6.03. The van der Waals surface area contributed by atoms with E-state index in [2.05, 4.69) is 29.6 Å². The van der Waals surface area contributed by atoms with Gasteiger partial charge in [-0.25, -0.2) is 14.6 Å². The molecule has 1 fully saturated rings. The van der Waals surface area contributed by atoms with Crippen molar-refractivity contribution in [3.8, 4) is 11.1 Å². The van der Waals surface area contributed by atoms with Gasteiger partial charge in [0.2, 0.25) is 17.7 Å². The van der Waals surface area contributed by atoms with Crippen LogP contribution in [0.5, 0.6) is 0 Å². The molecule has 10 heteroatoms. The van der Waals surface area contributed by atoms with E-state index in [9.17, 15) is 29.1 Å². The SMILES string of the molecule is CC(C)[C@@H](C(=O)O)N(C(=O)CCCCCNC(=O)OCC1c2ccccc2-c2ccccc21)N1C(=O)CCC1=O. The molecule has 0 bridgehead atoms. The second-order valence-corrected chi connectivity index (χ2v) is 10.4. The Hall–Kier alpha value is -4.21. The molecule has 2 aromatic carbocycles. The van der Waals surface area contributed by atoms with Crippen LogP contribution in [0.2, 0.25) is 0 Å². The number of amides is 4. The minimum absolute atomic E-state index is 0.0260. The third-order valence-corrected chi connectivity index (χ3v) is 7.32. The number of benzene rings is 2. The average molecular weight is 550 g/mol. The van der Waals surface area contributed by atoms with Crippen molar-refractivity contribution in [1.29, 1.82) is 0 Å². The van der Waals surface area contributed by atoms with Gasteiger partial charge in [0.05, 0.1) is 0 Å². The van der Waals surface area contributed by atoms with Crippen LogP contribution in [0.15, 0.2) is 48.5 Å². The molecule has 2 aromatic rings. The van der Waals surface area contributed by atoms with Crippen LogP contribution < -0.4 is 5.32 Å². The number of fused-ring (bicyclic) bond motifs is 3. The number of rotatable bonds is 12. The van der Waals surface area contributed by atoms with Crippen molar-refractivity contribution in [3.63, 3.8) is 0 Å². The van der Waals surface area contributed by atoms with Gasteiger partial charge in [-0.2, -0.15) is 5.01 Å². The van der Waals surface area contributed by atoms with E-state index < -0.39 is 41.7 Å². The van der Waals surface area contributed by atoms with E-state index in [0.29, 0.717) is 30.8 Å². The Morgan fingerprint density at radius 3 is 2.08 bits per heavy atom. The van der Waals surface area contributed by atoms with Gasteiger partial charge in [-0.05, 0) is 41.0 Å². The van der Waals surface area contributed by atoms with E-state index in [-0.39, 0.29) is 31.8 Å². The van der Waals surface area contributed by atoms with Crippen molar-refractivity contribution in [3.05, 3.63) is 59.7 Å². The zero-order chi connectivity index (χ0) is 28.8. The van der Waals surface area contributed by atoms with Gasteiger partial charge in [0.1, 0.15) is 6.61 Å². The monoisotopic (exact) mass is 549 g/mol. The maximum atomic E-state index is 13.0. The van der Waals surface area contributed by atoms with E-state index in [1.165, 1.54) is 0 Å². The standard InChI is InChI=1S/C30H35N3O7/c1-19(2)28(29(37)38)33(32-26(35)15-16-27(32)36)25(34)14-4-3-9-17-31-30(39)40-18-24-22-12-7-5-10-20(22)21-11-6-8-13-23(21)24/h5-8,10-13,19,24,28H,3-4,9,14-18H2,1-2H3,(H,31,39)(H,37,38)/t28-/m0/s1. The van der Waals surface area contributed by atoms with Gasteiger partial charge in [-0.3, -0.25) is 14.4 Å². The molecular formula is C30H35N3O7. The summed E-state index contributed by atoms with van der Waals surface area (Å²) in [6.45, 7) is 3.82. The van der Waals surface area contributed by atoms with Gasteiger partial charge in [0, 0.05) is 31.7 Å². The van der Waals surface area contributed by atoms with E-state index in [4.69, 9.17) is 4.74 Å². The second kappa shape index (κ2) is 12.8. The molecule has 0 unspecified atom stereocenters. The molecule has 2 aliphatic rings. The molecule has 10 nitrogen and oxygen atoms in total. The first-order valence-corrected chi connectivity index (χ1v) is 13.7. The minimum atomic E-state index is -1.33. The topological polar surface area (TPSA) is 133 Å². The molecule has 1 saturated heterocycles. The number of nitrogens with zero attached hydrogens (tertiary/aromatic N) is 2. The number of alkyl carbamates (subject to hydrolysis) is 1. The number of ether oxygens (including phenoxy) is 1. The second-order valence-electron chi connectivity index (χ2n) is 10.4. The van der Waals surface area contributed by atoms with E-state index in [1.807, 2.05) is 24.3 Å². The Morgan fingerprint density at radius 1 is 0.950 bits per heavy atom. The summed E-state index contributed by atoms with van der Waals surface area (Å²) in [6, 6.07) is 14.9. The van der Waals surface area contributed by atoms with Gasteiger partial charge in [0.25, 0.3) is 0 Å². The molecule has 40 heavy (non-hydrogen) atoms. The average Bonchev–Trinajstić information content (AvgIpc) is 3.43. The van der Waals surface area contributed by atoms with Gasteiger partial charge in [-0.15, -0.1) is 0 Å². The van der Waals surface area contributed by atoms with Crippen LogP contribution >= 0.6 is 0 Å². The summed E-state index contributed by atoms with van der Waals surface area (Å²) in [5.41, 5.74) is 4.58. The largest absolute Gasteiger partial charge is 0.480 e. The summed E-state index contributed by atoms with van der Waals surface area (Å²) >= 11 is 0. The van der Waals surface area contributed by atoms with Crippen LogP contribution in [-0.2, 0) is 23.9 Å². The van der Waals surface area contributed by atoms with Crippen molar-refractivity contribution < 1.29 is 33.8 Å². The van der Waals surface area contributed by atoms with Crippen LogP contribution in [-0.4, -0.2) is 64.1 Å². The quantitative estimate of drug-likeness (QED) is 0.301. The van der Waals surface area contributed by atoms with Gasteiger partial charge >= 0.3 is 12.1 Å². The fraction of sp³-hybridized carbons (Fsp3) is 0.433. The summed E-state index contributed by atoms with van der Waals surface area (Å²) < 4.78 is 5.53. The highest BCUT2D eigenvalue weighted by Gasteiger charge is 2.43. The predicted molar refractivity (Wildman–Crippen MR) is 146 cm³/mol. The van der Waals surface area contributed by atoms with Gasteiger partial charge < -0.3 is 15.2 Å². The van der Waals surface area contributed by atoms with E-state index in [0.717, 1.165) is 27.3 Å². The summed E-state index contributed by atoms with van der Waals surface area (Å²) in [6.07, 6.45) is 0.914. The molecule has 0 saturated carbocycles. The Kier molecular flexibility index (Phi) is 9.19. The number of carboxylic acids is 1. The van der Waals surface area contributed by atoms with Crippen molar-refractivity contribution in [2.45, 2.75) is 64.3 Å². The lowest BCUT2D eigenvalue weighted by Gasteiger charge is -2.36. The molecule has 1 aliphatic heterocycles. The van der Waals surface area contributed by atoms with E-state index in [1.54, 1.807) is 13.8 Å². The number of carbonyl (C=O) groups excluding carboxylic acids is 4. The molecule has 1 aliphatic carbocycles. The molecule has 4 amide bonds. The van der Waals surface area contributed by atoms with E-state index >= 15 is 0 Å². The zero-order valence-corrected chi connectivity index (χ0v) is 22.8. The van der Waals surface area contributed by atoms with Gasteiger partial charge in [-0.1, -0.05) is 68.8 Å². The summed E-state index contributed by atoms with van der Waals surface area (Å²) in [4.78, 5) is 61.8. The van der Waals surface area contributed by atoms with Crippen molar-refractivity contribution in [2.24, 2.45) is 5.92 Å². The molecular weight excluding hydrogens is 514 g/mol. The first kappa shape index (κ1) is 28.8. The molecule has 4 rings (SSSR count). The predicted octanol–water partition coefficient (Wildman–Crippen LogP) is 4.09. The number of hydrogen-bond acceptors (Lipinski definition) is 6. The van der Waals surface area contributed by atoms with Crippen molar-refractivity contribution in [1.82, 2.24) is 15.3 Å². The third-order valence-electron chi connectivity index (χ3n) is 7.32. The highest BCUT2D eigenvalue weighted by Crippen LogP contribution is 2.44. The Morgan fingerprint density at radius 2 is 1.52 bits per heavy atom. The first-order chi connectivity index (χ1) is 19.2. The highest BCUT2D eigenvalue weighted by atomic mass is 16.5. The zero-order valence-electron chi connectivity index (χ0n) is 22.8. The maximum Gasteiger partial charge on any atom is 0.407 e. The Balaban J connectivity index is 1.22. The molecule has 0 aromatic heterocycles. The number of imide groups is 1. The fourth-order valence-corrected chi connectivity index (χ4v) is 5.40. The third kappa shape index (κ3) is 6.16. The number of unbranched alkanes of at least 4 members (excludes halogenated alkanes) is 2. The van der Waals surface area contributed by atoms with Crippen LogP contribution in [0.4, 0.5) is 4.79 Å². The number of carbonyl (C=O) groups is 5.